The van der Waals surface area contributed by atoms with Crippen LogP contribution in [0, 0.1) is 5.92 Å². The number of nitrogens with zero attached hydrogens (tertiary/aromatic N) is 2. The zero-order valence-electron chi connectivity index (χ0n) is 14.2. The Morgan fingerprint density at radius 3 is 2.96 bits per heavy atom. The molecule has 0 saturated heterocycles. The van der Waals surface area contributed by atoms with Gasteiger partial charge in [-0.1, -0.05) is 31.9 Å². The zero-order valence-corrected chi connectivity index (χ0v) is 14.2. The summed E-state index contributed by atoms with van der Waals surface area (Å²) in [7, 11) is 0. The Labute approximate surface area is 144 Å². The summed E-state index contributed by atoms with van der Waals surface area (Å²) >= 11 is 0. The highest BCUT2D eigenvalue weighted by atomic mass is 16.3. The summed E-state index contributed by atoms with van der Waals surface area (Å²) in [6, 6.07) is 7.60. The van der Waals surface area contributed by atoms with E-state index in [4.69, 9.17) is 4.42 Å². The maximum absolute atomic E-state index is 12.6. The van der Waals surface area contributed by atoms with Crippen molar-refractivity contribution in [2.75, 3.05) is 0 Å². The molecule has 2 atom stereocenters. The molecule has 1 aliphatic carbocycles. The first-order chi connectivity index (χ1) is 12.1. The predicted molar refractivity (Wildman–Crippen MR) is 95.3 cm³/mol. The molecule has 3 aromatic rings. The van der Waals surface area contributed by atoms with Gasteiger partial charge in [0.2, 0.25) is 11.5 Å². The van der Waals surface area contributed by atoms with E-state index in [1.54, 1.807) is 6.07 Å². The van der Waals surface area contributed by atoms with Crippen LogP contribution in [0.5, 0.6) is 0 Å². The standard InChI is InChI=1S/C19H21N3O3/c1-12-6-2-4-8-14(12)21-16(23)10-22-11-20-17-13-7-3-5-9-15(13)25-18(17)19(22)24/h3,5,7,9,11-12,14H,2,4,6,8,10H2,1H3,(H,21,23). The molecule has 0 radical (unpaired) electrons. The Bertz CT molecular complexity index is 988. The van der Waals surface area contributed by atoms with Crippen LogP contribution in [0.1, 0.15) is 32.6 Å². The van der Waals surface area contributed by atoms with E-state index in [0.29, 0.717) is 17.0 Å². The van der Waals surface area contributed by atoms with Crippen molar-refractivity contribution in [2.24, 2.45) is 5.92 Å². The van der Waals surface area contributed by atoms with Crippen molar-refractivity contribution in [3.63, 3.8) is 0 Å². The van der Waals surface area contributed by atoms with Crippen LogP contribution in [0.4, 0.5) is 0 Å². The SMILES string of the molecule is CC1CCCCC1NC(=O)Cn1cnc2c(oc3ccccc32)c1=O. The van der Waals surface area contributed by atoms with Gasteiger partial charge in [0.25, 0.3) is 5.56 Å². The second-order valence-electron chi connectivity index (χ2n) is 6.89. The molecule has 1 saturated carbocycles. The largest absolute Gasteiger partial charge is 0.448 e. The number of para-hydroxylation sites is 1. The second-order valence-corrected chi connectivity index (χ2v) is 6.89. The highest BCUT2D eigenvalue weighted by molar-refractivity contribution is 6.01. The molecule has 0 bridgehead atoms. The van der Waals surface area contributed by atoms with Crippen molar-refractivity contribution in [3.05, 3.63) is 40.9 Å². The molecule has 130 valence electrons. The Hall–Kier alpha value is -2.63. The molecule has 0 spiro atoms. The topological polar surface area (TPSA) is 77.1 Å². The quantitative estimate of drug-likeness (QED) is 0.796. The van der Waals surface area contributed by atoms with Gasteiger partial charge in [-0.05, 0) is 30.9 Å². The van der Waals surface area contributed by atoms with E-state index in [1.807, 2.05) is 18.2 Å². The minimum absolute atomic E-state index is 0.0396. The molecule has 1 amide bonds. The summed E-state index contributed by atoms with van der Waals surface area (Å²) in [5.74, 6) is 0.323. The van der Waals surface area contributed by atoms with E-state index >= 15 is 0 Å². The lowest BCUT2D eigenvalue weighted by molar-refractivity contribution is -0.123. The van der Waals surface area contributed by atoms with Gasteiger partial charge >= 0.3 is 0 Å². The van der Waals surface area contributed by atoms with Gasteiger partial charge in [0.1, 0.15) is 17.6 Å². The lowest BCUT2D eigenvalue weighted by Gasteiger charge is -2.29. The molecule has 0 aliphatic heterocycles. The minimum atomic E-state index is -0.326. The molecular weight excluding hydrogens is 318 g/mol. The molecule has 1 N–H and O–H groups in total. The average molecular weight is 339 g/mol. The molecule has 25 heavy (non-hydrogen) atoms. The monoisotopic (exact) mass is 339 g/mol. The van der Waals surface area contributed by atoms with Crippen molar-refractivity contribution in [3.8, 4) is 0 Å². The number of nitrogens with one attached hydrogen (secondary N) is 1. The van der Waals surface area contributed by atoms with Crippen molar-refractivity contribution < 1.29 is 9.21 Å². The number of benzene rings is 1. The molecule has 2 heterocycles. The number of furan rings is 1. The number of rotatable bonds is 3. The second kappa shape index (κ2) is 6.35. The Kier molecular flexibility index (Phi) is 4.03. The summed E-state index contributed by atoms with van der Waals surface area (Å²) in [6.07, 6.45) is 5.93. The smallest absolute Gasteiger partial charge is 0.297 e. The van der Waals surface area contributed by atoms with Gasteiger partial charge in [-0.15, -0.1) is 0 Å². The lowest BCUT2D eigenvalue weighted by Crippen LogP contribution is -2.43. The number of hydrogen-bond donors (Lipinski definition) is 1. The van der Waals surface area contributed by atoms with Crippen LogP contribution in [0.3, 0.4) is 0 Å². The molecule has 1 aliphatic rings. The van der Waals surface area contributed by atoms with Gasteiger partial charge in [0.15, 0.2) is 0 Å². The van der Waals surface area contributed by atoms with E-state index in [-0.39, 0.29) is 29.6 Å². The molecule has 4 rings (SSSR count). The number of carbonyl (C=O) groups excluding carboxylic acids is 1. The first-order valence-electron chi connectivity index (χ1n) is 8.79. The number of aromatic nitrogens is 2. The van der Waals surface area contributed by atoms with Gasteiger partial charge in [-0.25, -0.2) is 4.98 Å². The highest BCUT2D eigenvalue weighted by Crippen LogP contribution is 2.25. The van der Waals surface area contributed by atoms with E-state index in [2.05, 4.69) is 17.2 Å². The summed E-state index contributed by atoms with van der Waals surface area (Å²) < 4.78 is 6.96. The first-order valence-corrected chi connectivity index (χ1v) is 8.79. The van der Waals surface area contributed by atoms with Crippen LogP contribution < -0.4 is 10.9 Å². The number of hydrogen-bond acceptors (Lipinski definition) is 4. The fraction of sp³-hybridized carbons (Fsp3) is 0.421. The Morgan fingerprint density at radius 1 is 1.32 bits per heavy atom. The van der Waals surface area contributed by atoms with Crippen molar-refractivity contribution in [2.45, 2.75) is 45.2 Å². The average Bonchev–Trinajstić information content (AvgIpc) is 2.99. The van der Waals surface area contributed by atoms with E-state index in [1.165, 1.54) is 17.3 Å². The molecule has 6 nitrogen and oxygen atoms in total. The van der Waals surface area contributed by atoms with Crippen LogP contribution in [0.15, 0.2) is 39.8 Å². The lowest BCUT2D eigenvalue weighted by atomic mass is 9.86. The summed E-state index contributed by atoms with van der Waals surface area (Å²) in [4.78, 5) is 29.3. The summed E-state index contributed by atoms with van der Waals surface area (Å²) in [5.41, 5.74) is 1.04. The van der Waals surface area contributed by atoms with Crippen molar-refractivity contribution in [1.82, 2.24) is 14.9 Å². The molecule has 2 aromatic heterocycles. The third kappa shape index (κ3) is 2.92. The van der Waals surface area contributed by atoms with Crippen LogP contribution in [0.25, 0.3) is 22.1 Å². The van der Waals surface area contributed by atoms with Crippen LogP contribution >= 0.6 is 0 Å². The summed E-state index contributed by atoms with van der Waals surface area (Å²) in [6.45, 7) is 2.13. The van der Waals surface area contributed by atoms with Crippen LogP contribution in [-0.2, 0) is 11.3 Å². The predicted octanol–water partition coefficient (Wildman–Crippen LogP) is 2.84. The van der Waals surface area contributed by atoms with Gasteiger partial charge in [-0.2, -0.15) is 0 Å². The molecular formula is C19H21N3O3. The fourth-order valence-corrected chi connectivity index (χ4v) is 3.67. The van der Waals surface area contributed by atoms with Crippen molar-refractivity contribution >= 4 is 28.0 Å². The normalized spacial score (nSPS) is 20.8. The fourth-order valence-electron chi connectivity index (χ4n) is 3.67. The maximum atomic E-state index is 12.6. The van der Waals surface area contributed by atoms with E-state index < -0.39 is 0 Å². The highest BCUT2D eigenvalue weighted by Gasteiger charge is 2.23. The Balaban J connectivity index is 1.59. The van der Waals surface area contributed by atoms with Gasteiger partial charge < -0.3 is 9.73 Å². The number of fused-ring (bicyclic) bond motifs is 3. The van der Waals surface area contributed by atoms with E-state index in [0.717, 1.165) is 24.6 Å². The van der Waals surface area contributed by atoms with Crippen LogP contribution in [0.2, 0.25) is 0 Å². The third-order valence-electron chi connectivity index (χ3n) is 5.12. The Morgan fingerprint density at radius 2 is 2.12 bits per heavy atom. The number of carbonyl (C=O) groups is 1. The molecule has 1 aromatic carbocycles. The zero-order chi connectivity index (χ0) is 17.4. The minimum Gasteiger partial charge on any atom is -0.448 e. The third-order valence-corrected chi connectivity index (χ3v) is 5.12. The van der Waals surface area contributed by atoms with Crippen molar-refractivity contribution in [1.29, 1.82) is 0 Å². The number of amides is 1. The molecule has 2 unspecified atom stereocenters. The first kappa shape index (κ1) is 15.9. The van der Waals surface area contributed by atoms with Crippen LogP contribution in [-0.4, -0.2) is 21.5 Å². The molecule has 6 heteroatoms. The molecule has 1 fully saturated rings. The summed E-state index contributed by atoms with van der Waals surface area (Å²) in [5, 5.41) is 3.87. The van der Waals surface area contributed by atoms with E-state index in [9.17, 15) is 9.59 Å². The van der Waals surface area contributed by atoms with Gasteiger partial charge in [0.05, 0.1) is 6.33 Å². The maximum Gasteiger partial charge on any atom is 0.297 e. The van der Waals surface area contributed by atoms with Gasteiger partial charge in [0, 0.05) is 11.4 Å². The van der Waals surface area contributed by atoms with Gasteiger partial charge in [-0.3, -0.25) is 14.2 Å².